The van der Waals surface area contributed by atoms with Crippen molar-refractivity contribution in [2.24, 2.45) is 0 Å². The molecule has 5 nitrogen and oxygen atoms in total. The molecule has 0 atom stereocenters. The van der Waals surface area contributed by atoms with Gasteiger partial charge in [0.25, 0.3) is 5.56 Å². The molecule has 0 unspecified atom stereocenters. The summed E-state index contributed by atoms with van der Waals surface area (Å²) in [5.74, 6) is 0. The normalized spacial score (nSPS) is 14.5. The summed E-state index contributed by atoms with van der Waals surface area (Å²) in [6.07, 6.45) is 4.29. The summed E-state index contributed by atoms with van der Waals surface area (Å²) in [6.45, 7) is -0.0353. The third-order valence-electron chi connectivity index (χ3n) is 3.07. The Kier molecular flexibility index (Phi) is 2.41. The van der Waals surface area contributed by atoms with Crippen molar-refractivity contribution < 1.29 is 0 Å². The van der Waals surface area contributed by atoms with E-state index >= 15 is 0 Å². The van der Waals surface area contributed by atoms with Crippen molar-refractivity contribution in [3.05, 3.63) is 20.8 Å². The average Bonchev–Trinajstić information content (AvgIpc) is 2.72. The Balaban J connectivity index is 2.31. The van der Waals surface area contributed by atoms with Gasteiger partial charge in [0.05, 0.1) is 11.5 Å². The zero-order chi connectivity index (χ0) is 11.8. The average molecular weight is 246 g/mol. The van der Waals surface area contributed by atoms with Crippen LogP contribution in [0.25, 0.3) is 10.2 Å². The Morgan fingerprint density at radius 2 is 2.24 bits per heavy atom. The Hall–Kier alpha value is -1.74. The summed E-state index contributed by atoms with van der Waals surface area (Å²) in [4.78, 5) is 14.2. The van der Waals surface area contributed by atoms with Crippen molar-refractivity contribution in [1.82, 2.24) is 15.0 Å². The molecule has 1 aliphatic rings. The lowest BCUT2D eigenvalue weighted by molar-refractivity contribution is 0.616. The van der Waals surface area contributed by atoms with E-state index in [1.54, 1.807) is 11.3 Å². The number of fused-ring (bicyclic) bond motifs is 3. The molecule has 0 amide bonds. The topological polar surface area (TPSA) is 71.6 Å². The maximum absolute atomic E-state index is 12.2. The molecule has 1 aliphatic carbocycles. The molecule has 0 N–H and O–H groups in total. The molecule has 0 saturated heterocycles. The first-order valence-corrected chi connectivity index (χ1v) is 6.38. The molecule has 2 aromatic heterocycles. The van der Waals surface area contributed by atoms with Gasteiger partial charge in [-0.15, -0.1) is 16.4 Å². The molecule has 86 valence electrons. The molecule has 2 heterocycles. The van der Waals surface area contributed by atoms with Gasteiger partial charge in [-0.05, 0) is 31.2 Å². The van der Waals surface area contributed by atoms with Crippen LogP contribution in [0.15, 0.2) is 4.79 Å². The molecule has 6 heteroatoms. The third-order valence-corrected chi connectivity index (χ3v) is 4.24. The molecule has 0 fully saturated rings. The Bertz CT molecular complexity index is 679. The minimum atomic E-state index is -0.170. The largest absolute Gasteiger partial charge is 0.279 e. The van der Waals surface area contributed by atoms with E-state index in [9.17, 15) is 4.79 Å². The van der Waals surface area contributed by atoms with Crippen LogP contribution < -0.4 is 5.56 Å². The van der Waals surface area contributed by atoms with E-state index in [1.807, 2.05) is 6.07 Å². The van der Waals surface area contributed by atoms with E-state index in [-0.39, 0.29) is 12.1 Å². The number of aromatic nitrogens is 3. The SMILES string of the molecule is N#CCn1nnc2sc3c(c2c1=O)CCCC3. The number of nitriles is 1. The van der Waals surface area contributed by atoms with Crippen LogP contribution >= 0.6 is 11.3 Å². The monoisotopic (exact) mass is 246 g/mol. The van der Waals surface area contributed by atoms with E-state index in [0.29, 0.717) is 5.39 Å². The molecule has 3 rings (SSSR count). The van der Waals surface area contributed by atoms with Gasteiger partial charge >= 0.3 is 0 Å². The smallest absolute Gasteiger partial charge is 0.267 e. The van der Waals surface area contributed by atoms with Crippen LogP contribution in [0.2, 0.25) is 0 Å². The zero-order valence-electron chi connectivity index (χ0n) is 9.14. The molecule has 2 aromatic rings. The number of aryl methyl sites for hydroxylation is 2. The van der Waals surface area contributed by atoms with Gasteiger partial charge in [0.15, 0.2) is 4.83 Å². The number of thiophene rings is 1. The lowest BCUT2D eigenvalue weighted by atomic mass is 9.97. The van der Waals surface area contributed by atoms with Gasteiger partial charge in [0, 0.05) is 4.88 Å². The fourth-order valence-corrected chi connectivity index (χ4v) is 3.47. The number of hydrogen-bond donors (Lipinski definition) is 0. The van der Waals surface area contributed by atoms with Gasteiger partial charge in [-0.2, -0.15) is 9.94 Å². The maximum atomic E-state index is 12.2. The molecule has 0 radical (unpaired) electrons. The lowest BCUT2D eigenvalue weighted by Gasteiger charge is -2.09. The molecule has 0 aliphatic heterocycles. The van der Waals surface area contributed by atoms with Crippen molar-refractivity contribution in [2.45, 2.75) is 32.2 Å². The van der Waals surface area contributed by atoms with E-state index in [1.165, 1.54) is 11.3 Å². The maximum Gasteiger partial charge on any atom is 0.279 e. The van der Waals surface area contributed by atoms with Gasteiger partial charge in [-0.1, -0.05) is 5.21 Å². The van der Waals surface area contributed by atoms with Crippen molar-refractivity contribution in [3.63, 3.8) is 0 Å². The van der Waals surface area contributed by atoms with Crippen LogP contribution in [0.5, 0.6) is 0 Å². The van der Waals surface area contributed by atoms with Crippen molar-refractivity contribution >= 4 is 21.6 Å². The van der Waals surface area contributed by atoms with Crippen LogP contribution in [0.1, 0.15) is 23.3 Å². The third kappa shape index (κ3) is 1.54. The predicted octanol–water partition coefficient (Wildman–Crippen LogP) is 1.26. The highest BCUT2D eigenvalue weighted by molar-refractivity contribution is 7.18. The summed E-state index contributed by atoms with van der Waals surface area (Å²) in [7, 11) is 0. The molecule has 0 saturated carbocycles. The number of hydrogen-bond acceptors (Lipinski definition) is 5. The van der Waals surface area contributed by atoms with Crippen LogP contribution in [0, 0.1) is 11.3 Å². The first-order valence-electron chi connectivity index (χ1n) is 5.56. The minimum Gasteiger partial charge on any atom is -0.267 e. The van der Waals surface area contributed by atoms with E-state index in [0.717, 1.165) is 34.3 Å². The lowest BCUT2D eigenvalue weighted by Crippen LogP contribution is -2.24. The van der Waals surface area contributed by atoms with Gasteiger partial charge in [-0.25, -0.2) is 0 Å². The highest BCUT2D eigenvalue weighted by Crippen LogP contribution is 2.32. The van der Waals surface area contributed by atoms with Gasteiger partial charge < -0.3 is 0 Å². The molecular formula is C11H10N4OS. The highest BCUT2D eigenvalue weighted by Gasteiger charge is 2.20. The number of nitrogens with zero attached hydrogens (tertiary/aromatic N) is 4. The van der Waals surface area contributed by atoms with Gasteiger partial charge in [0.1, 0.15) is 6.54 Å². The second-order valence-electron chi connectivity index (χ2n) is 4.10. The first kappa shape index (κ1) is 10.4. The molecular weight excluding hydrogens is 236 g/mol. The van der Waals surface area contributed by atoms with Crippen molar-refractivity contribution in [1.29, 1.82) is 5.26 Å². The Morgan fingerprint density at radius 3 is 3.06 bits per heavy atom. The van der Waals surface area contributed by atoms with Crippen LogP contribution in [0.4, 0.5) is 0 Å². The predicted molar refractivity (Wildman–Crippen MR) is 63.9 cm³/mol. The van der Waals surface area contributed by atoms with Gasteiger partial charge in [-0.3, -0.25) is 4.79 Å². The standard InChI is InChI=1S/C11H10N4OS/c12-5-6-15-11(16)9-7-3-1-2-4-8(7)17-10(9)13-14-15/h1-4,6H2. The highest BCUT2D eigenvalue weighted by atomic mass is 32.1. The minimum absolute atomic E-state index is 0.0353. The molecule has 0 spiro atoms. The molecule has 17 heavy (non-hydrogen) atoms. The first-order chi connectivity index (χ1) is 8.31. The second-order valence-corrected chi connectivity index (χ2v) is 5.19. The molecule has 0 aromatic carbocycles. The zero-order valence-corrected chi connectivity index (χ0v) is 9.96. The van der Waals surface area contributed by atoms with Crippen molar-refractivity contribution in [2.75, 3.05) is 0 Å². The second kappa shape index (κ2) is 3.93. The van der Waals surface area contributed by atoms with Crippen LogP contribution in [-0.4, -0.2) is 15.0 Å². The molecule has 0 bridgehead atoms. The Labute approximate surface area is 101 Å². The fourth-order valence-electron chi connectivity index (χ4n) is 2.28. The Morgan fingerprint density at radius 1 is 1.41 bits per heavy atom. The van der Waals surface area contributed by atoms with Crippen LogP contribution in [-0.2, 0) is 19.4 Å². The summed E-state index contributed by atoms with van der Waals surface area (Å²) < 4.78 is 1.14. The van der Waals surface area contributed by atoms with E-state index in [2.05, 4.69) is 10.3 Å². The number of rotatable bonds is 1. The summed E-state index contributed by atoms with van der Waals surface area (Å²) >= 11 is 1.57. The summed E-state index contributed by atoms with van der Waals surface area (Å²) in [5.41, 5.74) is 0.971. The van der Waals surface area contributed by atoms with Crippen LogP contribution in [0.3, 0.4) is 0 Å². The summed E-state index contributed by atoms with van der Waals surface area (Å²) in [6, 6.07) is 1.93. The van der Waals surface area contributed by atoms with Gasteiger partial charge in [0.2, 0.25) is 0 Å². The van der Waals surface area contributed by atoms with E-state index < -0.39 is 0 Å². The quantitative estimate of drug-likeness (QED) is 0.759. The van der Waals surface area contributed by atoms with E-state index in [4.69, 9.17) is 5.26 Å². The fraction of sp³-hybridized carbons (Fsp3) is 0.455. The van der Waals surface area contributed by atoms with Crippen molar-refractivity contribution in [3.8, 4) is 6.07 Å². The summed E-state index contributed by atoms with van der Waals surface area (Å²) in [5, 5.41) is 17.1.